The van der Waals surface area contributed by atoms with Crippen molar-refractivity contribution in [3.63, 3.8) is 0 Å². The zero-order chi connectivity index (χ0) is 22.8. The summed E-state index contributed by atoms with van der Waals surface area (Å²) in [6, 6.07) is 15.2. The lowest BCUT2D eigenvalue weighted by Crippen LogP contribution is -2.36. The number of nitrogens with zero attached hydrogens (tertiary/aromatic N) is 2. The highest BCUT2D eigenvalue weighted by molar-refractivity contribution is 6.13. The number of carbonyl (C=O) groups is 2. The minimum Gasteiger partial charge on any atom is -0.497 e. The Labute approximate surface area is 189 Å². The number of Topliss-reactive ketones (excluding diaryl/α,β-unsaturated/α-hetero) is 1. The molecule has 0 N–H and O–H groups in total. The number of rotatable bonds is 10. The van der Waals surface area contributed by atoms with Gasteiger partial charge in [-0.2, -0.15) is 0 Å². The number of aryl methyl sites for hydroxylation is 1. The fourth-order valence-corrected chi connectivity index (χ4v) is 3.50. The van der Waals surface area contributed by atoms with Gasteiger partial charge >= 0.3 is 6.09 Å². The number of aliphatic imine (C=N–C) groups is 1. The molecule has 170 valence electrons. The van der Waals surface area contributed by atoms with Crippen LogP contribution in [0.4, 0.5) is 10.5 Å². The van der Waals surface area contributed by atoms with Gasteiger partial charge in [0.25, 0.3) is 0 Å². The fourth-order valence-electron chi connectivity index (χ4n) is 3.50. The molecular formula is C25H30N2O5. The van der Waals surface area contributed by atoms with Gasteiger partial charge in [0.05, 0.1) is 32.4 Å². The summed E-state index contributed by atoms with van der Waals surface area (Å²) in [5.74, 6) is 1.22. The normalized spacial score (nSPS) is 12.6. The first kappa shape index (κ1) is 23.3. The van der Waals surface area contributed by atoms with Crippen molar-refractivity contribution in [1.82, 2.24) is 4.90 Å². The van der Waals surface area contributed by atoms with Crippen LogP contribution in [-0.4, -0.2) is 56.1 Å². The lowest BCUT2D eigenvalue weighted by Gasteiger charge is -2.22. The third-order valence-corrected chi connectivity index (χ3v) is 5.22. The van der Waals surface area contributed by atoms with Gasteiger partial charge in [0.2, 0.25) is 0 Å². The highest BCUT2D eigenvalue weighted by Gasteiger charge is 2.21. The molecule has 7 heteroatoms. The van der Waals surface area contributed by atoms with E-state index in [1.807, 2.05) is 24.3 Å². The van der Waals surface area contributed by atoms with Crippen LogP contribution in [0.2, 0.25) is 0 Å². The van der Waals surface area contributed by atoms with Gasteiger partial charge in [-0.1, -0.05) is 24.3 Å². The van der Waals surface area contributed by atoms with Crippen molar-refractivity contribution in [1.29, 1.82) is 0 Å². The summed E-state index contributed by atoms with van der Waals surface area (Å²) in [6.07, 6.45) is 2.50. The van der Waals surface area contributed by atoms with E-state index in [1.54, 1.807) is 31.1 Å². The Bertz CT molecular complexity index is 940. The average molecular weight is 439 g/mol. The molecule has 2 aromatic rings. The second-order valence-electron chi connectivity index (χ2n) is 7.46. The molecule has 7 nitrogen and oxygen atoms in total. The van der Waals surface area contributed by atoms with Crippen molar-refractivity contribution in [2.45, 2.75) is 32.6 Å². The quantitative estimate of drug-likeness (QED) is 0.498. The predicted molar refractivity (Wildman–Crippen MR) is 123 cm³/mol. The van der Waals surface area contributed by atoms with Crippen LogP contribution in [0.5, 0.6) is 5.75 Å². The van der Waals surface area contributed by atoms with Gasteiger partial charge in [0, 0.05) is 12.1 Å². The van der Waals surface area contributed by atoms with Gasteiger partial charge in [0.1, 0.15) is 12.4 Å². The summed E-state index contributed by atoms with van der Waals surface area (Å²) in [4.78, 5) is 30.7. The Hall–Kier alpha value is -3.35. The molecule has 2 aromatic carbocycles. The highest BCUT2D eigenvalue weighted by Crippen LogP contribution is 2.25. The molecule has 1 aliphatic rings. The molecule has 32 heavy (non-hydrogen) atoms. The van der Waals surface area contributed by atoms with E-state index < -0.39 is 0 Å². The Kier molecular flexibility index (Phi) is 8.66. The van der Waals surface area contributed by atoms with Crippen LogP contribution in [0.3, 0.4) is 0 Å². The Morgan fingerprint density at radius 3 is 2.59 bits per heavy atom. The van der Waals surface area contributed by atoms with Crippen LogP contribution in [0.15, 0.2) is 53.5 Å². The molecule has 0 spiro atoms. The Balaban J connectivity index is 1.47. The smallest absolute Gasteiger partial charge is 0.409 e. The van der Waals surface area contributed by atoms with E-state index in [1.165, 1.54) is 5.56 Å². The van der Waals surface area contributed by atoms with Gasteiger partial charge in [-0.05, 0) is 56.0 Å². The molecule has 0 aromatic heterocycles. The van der Waals surface area contributed by atoms with Crippen LogP contribution >= 0.6 is 0 Å². The first-order chi connectivity index (χ1) is 15.6. The molecule has 1 amide bonds. The summed E-state index contributed by atoms with van der Waals surface area (Å²) < 4.78 is 16.1. The first-order valence-electron chi connectivity index (χ1n) is 11.0. The molecular weight excluding hydrogens is 408 g/mol. The molecule has 0 aliphatic carbocycles. The molecule has 0 unspecified atom stereocenters. The van der Waals surface area contributed by atoms with Crippen LogP contribution in [0, 0.1) is 0 Å². The molecule has 0 fully saturated rings. The standard InChI is InChI=1S/C25H30N2O5/c1-3-31-25(29)27(15-7-6-8-19-11-13-20(30-2)14-12-19)16-17-32-24-18-23(28)21-9-4-5-10-22(21)26-24/h4-5,9-14H,3,6-8,15-18H2,1-2H3. The van der Waals surface area contributed by atoms with E-state index in [9.17, 15) is 9.59 Å². The van der Waals surface area contributed by atoms with Gasteiger partial charge in [-0.15, -0.1) is 0 Å². The fraction of sp³-hybridized carbons (Fsp3) is 0.400. The van der Waals surface area contributed by atoms with E-state index in [2.05, 4.69) is 17.1 Å². The average Bonchev–Trinajstić information content (AvgIpc) is 2.81. The summed E-state index contributed by atoms with van der Waals surface area (Å²) >= 11 is 0. The van der Waals surface area contributed by atoms with Gasteiger partial charge in [-0.25, -0.2) is 9.79 Å². The zero-order valence-electron chi connectivity index (χ0n) is 18.7. The second-order valence-corrected chi connectivity index (χ2v) is 7.46. The van der Waals surface area contributed by atoms with Crippen LogP contribution in [0.25, 0.3) is 0 Å². The minimum atomic E-state index is -0.354. The summed E-state index contributed by atoms with van der Waals surface area (Å²) in [5, 5.41) is 0. The van der Waals surface area contributed by atoms with Crippen molar-refractivity contribution < 1.29 is 23.8 Å². The van der Waals surface area contributed by atoms with Crippen LogP contribution in [0.1, 0.15) is 42.1 Å². The molecule has 0 saturated carbocycles. The molecule has 0 bridgehead atoms. The number of amides is 1. The van der Waals surface area contributed by atoms with Crippen LogP contribution in [-0.2, 0) is 15.9 Å². The van der Waals surface area contributed by atoms with Gasteiger partial charge in [-0.3, -0.25) is 4.79 Å². The van der Waals surface area contributed by atoms with Gasteiger partial charge < -0.3 is 19.1 Å². The summed E-state index contributed by atoms with van der Waals surface area (Å²) in [7, 11) is 1.65. The van der Waals surface area contributed by atoms with E-state index >= 15 is 0 Å². The Morgan fingerprint density at radius 2 is 1.84 bits per heavy atom. The molecule has 1 aliphatic heterocycles. The number of benzene rings is 2. The van der Waals surface area contributed by atoms with Crippen molar-refractivity contribution >= 4 is 23.5 Å². The highest BCUT2D eigenvalue weighted by atomic mass is 16.6. The third kappa shape index (κ3) is 6.57. The topological polar surface area (TPSA) is 77.4 Å². The monoisotopic (exact) mass is 438 g/mol. The van der Waals surface area contributed by atoms with E-state index in [4.69, 9.17) is 14.2 Å². The number of unbranched alkanes of at least 4 members (excludes halogenated alkanes) is 1. The van der Waals surface area contributed by atoms with Crippen molar-refractivity contribution in [3.05, 3.63) is 59.7 Å². The first-order valence-corrected chi connectivity index (χ1v) is 11.0. The maximum atomic E-state index is 12.3. The van der Waals surface area contributed by atoms with Gasteiger partial charge in [0.15, 0.2) is 11.7 Å². The largest absolute Gasteiger partial charge is 0.497 e. The SMILES string of the molecule is CCOC(=O)N(CCCCc1ccc(OC)cc1)CCOC1=Nc2ccccc2C(=O)C1. The molecule has 0 atom stereocenters. The third-order valence-electron chi connectivity index (χ3n) is 5.22. The lowest BCUT2D eigenvalue weighted by molar-refractivity contribution is 0.0950. The van der Waals surface area contributed by atoms with E-state index in [0.717, 1.165) is 25.0 Å². The summed E-state index contributed by atoms with van der Waals surface area (Å²) in [6.45, 7) is 3.31. The number of fused-ring (bicyclic) bond motifs is 1. The number of para-hydroxylation sites is 1. The number of carbonyl (C=O) groups excluding carboxylic acids is 2. The number of ether oxygens (including phenoxy) is 3. The number of hydrogen-bond donors (Lipinski definition) is 0. The zero-order valence-corrected chi connectivity index (χ0v) is 18.7. The number of methoxy groups -OCH3 is 1. The van der Waals surface area contributed by atoms with Crippen molar-refractivity contribution in [3.8, 4) is 5.75 Å². The molecule has 0 saturated heterocycles. The van der Waals surface area contributed by atoms with Crippen LogP contribution < -0.4 is 4.74 Å². The number of hydrogen-bond acceptors (Lipinski definition) is 6. The summed E-state index contributed by atoms with van der Waals surface area (Å²) in [5.41, 5.74) is 2.47. The molecule has 1 heterocycles. The van der Waals surface area contributed by atoms with E-state index in [0.29, 0.717) is 36.8 Å². The second kappa shape index (κ2) is 11.9. The van der Waals surface area contributed by atoms with Crippen molar-refractivity contribution in [2.75, 3.05) is 33.4 Å². The lowest BCUT2D eigenvalue weighted by atomic mass is 10.0. The molecule has 3 rings (SSSR count). The minimum absolute atomic E-state index is 0.00798. The maximum Gasteiger partial charge on any atom is 0.409 e. The Morgan fingerprint density at radius 1 is 1.06 bits per heavy atom. The predicted octanol–water partition coefficient (Wildman–Crippen LogP) is 4.81. The maximum absolute atomic E-state index is 12.3. The number of ketones is 1. The van der Waals surface area contributed by atoms with Crippen molar-refractivity contribution in [2.24, 2.45) is 4.99 Å². The van der Waals surface area contributed by atoms with E-state index in [-0.39, 0.29) is 24.9 Å². The molecule has 0 radical (unpaired) electrons.